The fraction of sp³-hybridized carbons (Fsp3) is 0.400. The van der Waals surface area contributed by atoms with Gasteiger partial charge in [-0.1, -0.05) is 24.6 Å². The molecule has 0 aliphatic heterocycles. The van der Waals surface area contributed by atoms with Crippen LogP contribution in [0.5, 0.6) is 0 Å². The maximum absolute atomic E-state index is 13.5. The molecule has 3 rings (SSSR count). The van der Waals surface area contributed by atoms with Crippen molar-refractivity contribution in [2.75, 3.05) is 10.6 Å². The summed E-state index contributed by atoms with van der Waals surface area (Å²) in [5, 5.41) is 4.05. The molecule has 1 aliphatic rings. The maximum Gasteiger partial charge on any atom is 0.463 e. The van der Waals surface area contributed by atoms with Gasteiger partial charge < -0.3 is 10.6 Å². The second-order valence-corrected chi connectivity index (χ2v) is 8.17. The monoisotopic (exact) mass is 446 g/mol. The van der Waals surface area contributed by atoms with Gasteiger partial charge in [0.05, 0.1) is 5.56 Å². The predicted molar refractivity (Wildman–Crippen MR) is 104 cm³/mol. The van der Waals surface area contributed by atoms with Crippen LogP contribution in [-0.2, 0) is 17.6 Å². The van der Waals surface area contributed by atoms with Gasteiger partial charge in [0.15, 0.2) is 0 Å². The Morgan fingerprint density at radius 3 is 2.30 bits per heavy atom. The average molecular weight is 446 g/mol. The summed E-state index contributed by atoms with van der Waals surface area (Å²) in [6.07, 6.45) is -2.52. The molecule has 0 atom stereocenters. The number of carbonyl (C=O) groups excluding carboxylic acids is 2. The first-order valence-electron chi connectivity index (χ1n) is 9.30. The lowest BCUT2D eigenvalue weighted by Crippen LogP contribution is -2.47. The van der Waals surface area contributed by atoms with Crippen LogP contribution in [0.3, 0.4) is 0 Å². The quantitative estimate of drug-likeness (QED) is 0.467. The van der Waals surface area contributed by atoms with Crippen molar-refractivity contribution in [3.63, 3.8) is 0 Å². The molecule has 1 aromatic carbocycles. The molecule has 0 bridgehead atoms. The minimum atomic E-state index is -6.03. The van der Waals surface area contributed by atoms with Crippen molar-refractivity contribution in [2.45, 2.75) is 51.1 Å². The van der Waals surface area contributed by atoms with Gasteiger partial charge in [-0.25, -0.2) is 0 Å². The molecule has 0 fully saturated rings. The summed E-state index contributed by atoms with van der Waals surface area (Å²) < 4.78 is 64.6. The Morgan fingerprint density at radius 2 is 1.63 bits per heavy atom. The fourth-order valence-corrected chi connectivity index (χ4v) is 4.56. The van der Waals surface area contributed by atoms with Gasteiger partial charge >= 0.3 is 18.0 Å². The van der Waals surface area contributed by atoms with Gasteiger partial charge in [0, 0.05) is 10.6 Å². The molecule has 0 unspecified atom stereocenters. The van der Waals surface area contributed by atoms with E-state index in [2.05, 4.69) is 5.32 Å². The van der Waals surface area contributed by atoms with E-state index in [1.54, 1.807) is 36.5 Å². The number of aryl methyl sites for hydroxylation is 2. The number of amides is 2. The second-order valence-electron chi connectivity index (χ2n) is 7.06. The Balaban J connectivity index is 1.98. The number of para-hydroxylation sites is 1. The number of alkyl halides is 5. The lowest BCUT2D eigenvalue weighted by molar-refractivity contribution is -0.267. The van der Waals surface area contributed by atoms with Crippen molar-refractivity contribution in [3.05, 3.63) is 45.8 Å². The number of nitrogens with one attached hydrogen (secondary N) is 2. The second kappa shape index (κ2) is 8.33. The van der Waals surface area contributed by atoms with Gasteiger partial charge in [-0.05, 0) is 49.8 Å². The molecule has 4 nitrogen and oxygen atoms in total. The number of thiophene rings is 1. The summed E-state index contributed by atoms with van der Waals surface area (Å²) in [7, 11) is 0. The summed E-state index contributed by atoms with van der Waals surface area (Å²) in [5.41, 5.74) is 1.77. The number of fused-ring (bicyclic) bond motifs is 1. The number of carbonyl (C=O) groups is 2. The molecule has 10 heteroatoms. The molecule has 0 saturated carbocycles. The van der Waals surface area contributed by atoms with Crippen molar-refractivity contribution < 1.29 is 31.5 Å². The van der Waals surface area contributed by atoms with Crippen molar-refractivity contribution in [2.24, 2.45) is 0 Å². The Kier molecular flexibility index (Phi) is 6.16. The highest BCUT2D eigenvalue weighted by Crippen LogP contribution is 2.41. The topological polar surface area (TPSA) is 58.2 Å². The molecular formula is C20H19F5N2O2S. The summed E-state index contributed by atoms with van der Waals surface area (Å²) in [6, 6.07) is 6.88. The van der Waals surface area contributed by atoms with Crippen molar-refractivity contribution in [1.82, 2.24) is 0 Å². The Labute approximate surface area is 173 Å². The smallest absolute Gasteiger partial charge is 0.322 e. The van der Waals surface area contributed by atoms with E-state index in [0.717, 1.165) is 36.2 Å². The summed E-state index contributed by atoms with van der Waals surface area (Å²) in [5.74, 6) is -8.73. The third-order valence-corrected chi connectivity index (χ3v) is 6.12. The average Bonchev–Trinajstić information content (AvgIpc) is 2.83. The number of benzene rings is 1. The van der Waals surface area contributed by atoms with Gasteiger partial charge in [0.25, 0.3) is 5.91 Å². The van der Waals surface area contributed by atoms with Gasteiger partial charge in [-0.15, -0.1) is 11.3 Å². The highest BCUT2D eigenvalue weighted by molar-refractivity contribution is 7.17. The molecule has 2 aromatic rings. The van der Waals surface area contributed by atoms with Gasteiger partial charge in [0.1, 0.15) is 5.00 Å². The minimum absolute atomic E-state index is 0.0496. The van der Waals surface area contributed by atoms with Crippen molar-refractivity contribution in [3.8, 4) is 0 Å². The zero-order valence-electron chi connectivity index (χ0n) is 16.0. The summed E-state index contributed by atoms with van der Waals surface area (Å²) in [6.45, 7) is 1.76. The van der Waals surface area contributed by atoms with Gasteiger partial charge in [-0.3, -0.25) is 9.59 Å². The number of halogens is 5. The number of anilines is 2. The molecule has 2 N–H and O–H groups in total. The van der Waals surface area contributed by atoms with Crippen LogP contribution in [0.1, 0.15) is 45.6 Å². The summed E-state index contributed by atoms with van der Waals surface area (Å²) >= 11 is 0.880. The molecule has 2 amide bonds. The SMILES string of the molecule is Cc1ccccc1NC(=O)c1c(NC(=O)C(F)(F)C(F)(F)F)sc2c1CCCCC2. The van der Waals surface area contributed by atoms with E-state index in [0.29, 0.717) is 29.0 Å². The van der Waals surface area contributed by atoms with Crippen LogP contribution in [-0.4, -0.2) is 23.9 Å². The molecule has 30 heavy (non-hydrogen) atoms. The van der Waals surface area contributed by atoms with Crippen LogP contribution in [0.2, 0.25) is 0 Å². The number of hydrogen-bond donors (Lipinski definition) is 2. The molecule has 1 aromatic heterocycles. The summed E-state index contributed by atoms with van der Waals surface area (Å²) in [4.78, 5) is 25.5. The predicted octanol–water partition coefficient (Wildman–Crippen LogP) is 5.71. The first-order chi connectivity index (χ1) is 14.0. The highest BCUT2D eigenvalue weighted by Gasteiger charge is 2.63. The van der Waals surface area contributed by atoms with Crippen LogP contribution in [0, 0.1) is 6.92 Å². The van der Waals surface area contributed by atoms with E-state index < -0.39 is 23.9 Å². The fourth-order valence-electron chi connectivity index (χ4n) is 3.28. The van der Waals surface area contributed by atoms with Crippen LogP contribution in [0.25, 0.3) is 0 Å². The van der Waals surface area contributed by atoms with Crippen molar-refractivity contribution >= 4 is 33.8 Å². The van der Waals surface area contributed by atoms with Gasteiger partial charge in [0.2, 0.25) is 0 Å². The molecule has 1 heterocycles. The standard InChI is InChI=1S/C20H19F5N2O2S/c1-11-7-5-6-9-13(11)26-16(28)15-12-8-3-2-4-10-14(12)30-17(15)27-18(29)19(21,22)20(23,24)25/h5-7,9H,2-4,8,10H2,1H3,(H,26,28)(H,27,29). The van der Waals surface area contributed by atoms with E-state index in [4.69, 9.17) is 0 Å². The van der Waals surface area contributed by atoms with E-state index in [1.165, 1.54) is 0 Å². The zero-order valence-corrected chi connectivity index (χ0v) is 16.8. The van der Waals surface area contributed by atoms with E-state index in [1.807, 2.05) is 0 Å². The Bertz CT molecular complexity index is 969. The lowest BCUT2D eigenvalue weighted by Gasteiger charge is -2.19. The minimum Gasteiger partial charge on any atom is -0.322 e. The maximum atomic E-state index is 13.5. The lowest BCUT2D eigenvalue weighted by atomic mass is 10.0. The van der Waals surface area contributed by atoms with Crippen LogP contribution in [0.4, 0.5) is 32.6 Å². The van der Waals surface area contributed by atoms with Crippen LogP contribution >= 0.6 is 11.3 Å². The molecule has 0 spiro atoms. The molecular weight excluding hydrogens is 427 g/mol. The number of hydrogen-bond acceptors (Lipinski definition) is 3. The highest BCUT2D eigenvalue weighted by atomic mass is 32.1. The Hall–Kier alpha value is -2.49. The van der Waals surface area contributed by atoms with E-state index >= 15 is 0 Å². The largest absolute Gasteiger partial charge is 0.463 e. The first-order valence-corrected chi connectivity index (χ1v) is 10.1. The van der Waals surface area contributed by atoms with Crippen molar-refractivity contribution in [1.29, 1.82) is 0 Å². The molecule has 0 saturated heterocycles. The third-order valence-electron chi connectivity index (χ3n) is 4.91. The third kappa shape index (κ3) is 4.33. The normalized spacial score (nSPS) is 14.6. The Morgan fingerprint density at radius 1 is 0.967 bits per heavy atom. The van der Waals surface area contributed by atoms with Crippen LogP contribution < -0.4 is 10.6 Å². The molecule has 162 valence electrons. The molecule has 0 radical (unpaired) electrons. The van der Waals surface area contributed by atoms with E-state index in [9.17, 15) is 31.5 Å². The van der Waals surface area contributed by atoms with E-state index in [-0.39, 0.29) is 10.6 Å². The zero-order chi connectivity index (χ0) is 22.1. The molecule has 1 aliphatic carbocycles. The first kappa shape index (κ1) is 22.2. The van der Waals surface area contributed by atoms with Crippen LogP contribution in [0.15, 0.2) is 24.3 Å². The van der Waals surface area contributed by atoms with Gasteiger partial charge in [-0.2, -0.15) is 22.0 Å². The number of rotatable bonds is 4.